The summed E-state index contributed by atoms with van der Waals surface area (Å²) in [6, 6.07) is -0.319. The van der Waals surface area contributed by atoms with Crippen LogP contribution in [0.25, 0.3) is 0 Å². The lowest BCUT2D eigenvalue weighted by molar-refractivity contribution is -0.340. The van der Waals surface area contributed by atoms with Gasteiger partial charge in [0.15, 0.2) is 8.46 Å². The summed E-state index contributed by atoms with van der Waals surface area (Å²) in [4.78, 5) is 0. The van der Waals surface area contributed by atoms with Gasteiger partial charge in [0.2, 0.25) is 5.79 Å². The van der Waals surface area contributed by atoms with Crippen LogP contribution in [0, 0.1) is 0 Å². The highest BCUT2D eigenvalue weighted by Gasteiger charge is 2.57. The summed E-state index contributed by atoms with van der Waals surface area (Å²) >= 11 is 0. The van der Waals surface area contributed by atoms with Gasteiger partial charge in [-0.25, -0.2) is 0 Å². The minimum atomic E-state index is -0.698. The predicted molar refractivity (Wildman–Crippen MR) is 41.3 cm³/mol. The second kappa shape index (κ2) is 3.07. The van der Waals surface area contributed by atoms with Crippen LogP contribution in [0.4, 0.5) is 0 Å². The summed E-state index contributed by atoms with van der Waals surface area (Å²) in [6.45, 7) is 0.390. The fourth-order valence-electron chi connectivity index (χ4n) is 1.51. The molecule has 4 nitrogen and oxygen atoms in total. The molecule has 6 heteroatoms. The molecule has 2 aliphatic heterocycles. The summed E-state index contributed by atoms with van der Waals surface area (Å²) in [6.07, 6.45) is 0.705. The molecule has 0 spiro atoms. The van der Waals surface area contributed by atoms with Gasteiger partial charge >= 0.3 is 0 Å². The van der Waals surface area contributed by atoms with Crippen molar-refractivity contribution in [2.24, 2.45) is 0 Å². The van der Waals surface area contributed by atoms with Gasteiger partial charge in [0, 0.05) is 6.00 Å². The van der Waals surface area contributed by atoms with E-state index in [0.717, 1.165) is 0 Å². The summed E-state index contributed by atoms with van der Waals surface area (Å²) in [5.74, 6) is -0.698. The summed E-state index contributed by atoms with van der Waals surface area (Å²) in [5, 5.41) is 0. The van der Waals surface area contributed by atoms with Gasteiger partial charge in [-0.3, -0.25) is 4.57 Å². The maximum atomic E-state index is 10.2. The van der Waals surface area contributed by atoms with E-state index in [1.165, 1.54) is 0 Å². The lowest BCUT2D eigenvalue weighted by atomic mass is 9.94. The van der Waals surface area contributed by atoms with Crippen LogP contribution in [0.3, 0.4) is 0 Å². The summed E-state index contributed by atoms with van der Waals surface area (Å²) in [7, 11) is 5.50. The number of fused-ring (bicyclic) bond motifs is 1. The molecular formula is C6H8BO4P. The largest absolute Gasteiger partial charge is 0.367 e. The smallest absolute Gasteiger partial charge is 0.219 e. The Hall–Kier alpha value is 0.0449. The molecular weight excluding hydrogens is 178 g/mol. The Bertz CT molecular complexity index is 202. The monoisotopic (exact) mass is 186 g/mol. The molecule has 3 atom stereocenters. The van der Waals surface area contributed by atoms with Gasteiger partial charge < -0.3 is 14.2 Å². The Morgan fingerprint density at radius 2 is 2.58 bits per heavy atom. The fraction of sp³-hybridized carbons (Fsp3) is 1.00. The van der Waals surface area contributed by atoms with Crippen molar-refractivity contribution in [3.63, 3.8) is 0 Å². The van der Waals surface area contributed by atoms with Gasteiger partial charge in [-0.15, -0.1) is 0 Å². The molecule has 64 valence electrons. The van der Waals surface area contributed by atoms with E-state index in [0.29, 0.717) is 13.0 Å². The first-order valence-corrected chi connectivity index (χ1v) is 4.75. The fourth-order valence-corrected chi connectivity index (χ4v) is 1.79. The number of hydrogen-bond acceptors (Lipinski definition) is 4. The molecule has 0 aromatic rings. The van der Waals surface area contributed by atoms with E-state index in [-0.39, 0.29) is 26.9 Å². The van der Waals surface area contributed by atoms with E-state index >= 15 is 0 Å². The maximum absolute atomic E-state index is 10.2. The van der Waals surface area contributed by atoms with Crippen LogP contribution in [-0.4, -0.2) is 38.7 Å². The third-order valence-electron chi connectivity index (χ3n) is 2.14. The van der Waals surface area contributed by atoms with Crippen LogP contribution in [0.2, 0.25) is 0 Å². The SMILES string of the molecule is [B][C@H]1CC2OCC2(OCP=O)O1. The van der Waals surface area contributed by atoms with Gasteiger partial charge in [-0.1, -0.05) is 0 Å². The molecule has 2 saturated heterocycles. The van der Waals surface area contributed by atoms with Crippen LogP contribution in [0.1, 0.15) is 6.42 Å². The summed E-state index contributed by atoms with van der Waals surface area (Å²) < 4.78 is 25.9. The van der Waals surface area contributed by atoms with Crippen molar-refractivity contribution < 1.29 is 18.8 Å². The molecule has 0 saturated carbocycles. The molecule has 2 heterocycles. The van der Waals surface area contributed by atoms with Crippen LogP contribution in [-0.2, 0) is 18.8 Å². The average Bonchev–Trinajstić information content (AvgIpc) is 2.25. The molecule has 2 fully saturated rings. The van der Waals surface area contributed by atoms with Gasteiger partial charge in [0.1, 0.15) is 26.9 Å². The van der Waals surface area contributed by atoms with E-state index in [9.17, 15) is 4.57 Å². The highest BCUT2D eigenvalue weighted by molar-refractivity contribution is 7.23. The normalized spacial score (nSPS) is 45.7. The average molecular weight is 186 g/mol. The third-order valence-corrected chi connectivity index (χ3v) is 2.37. The minimum absolute atomic E-state index is 0.0461. The molecule has 2 aliphatic rings. The van der Waals surface area contributed by atoms with E-state index in [1.807, 2.05) is 0 Å². The van der Waals surface area contributed by atoms with E-state index < -0.39 is 5.79 Å². The van der Waals surface area contributed by atoms with Gasteiger partial charge in [-0.05, 0) is 6.42 Å². The van der Waals surface area contributed by atoms with Crippen molar-refractivity contribution in [2.75, 3.05) is 13.0 Å². The van der Waals surface area contributed by atoms with Crippen molar-refractivity contribution in [1.82, 2.24) is 0 Å². The Kier molecular flexibility index (Phi) is 2.21. The van der Waals surface area contributed by atoms with Crippen molar-refractivity contribution in [1.29, 1.82) is 0 Å². The second-order valence-electron chi connectivity index (χ2n) is 2.91. The first-order chi connectivity index (χ1) is 5.77. The quantitative estimate of drug-likeness (QED) is 0.468. The molecule has 2 radical (unpaired) electrons. The van der Waals surface area contributed by atoms with Crippen LogP contribution in [0.15, 0.2) is 0 Å². The Morgan fingerprint density at radius 3 is 3.08 bits per heavy atom. The van der Waals surface area contributed by atoms with E-state index in [2.05, 4.69) is 0 Å². The van der Waals surface area contributed by atoms with Crippen molar-refractivity contribution in [2.45, 2.75) is 24.3 Å². The number of ether oxygens (including phenoxy) is 3. The second-order valence-corrected chi connectivity index (χ2v) is 3.42. The highest BCUT2D eigenvalue weighted by atomic mass is 31.1. The molecule has 0 bridgehead atoms. The highest BCUT2D eigenvalue weighted by Crippen LogP contribution is 2.41. The third kappa shape index (κ3) is 1.21. The zero-order valence-corrected chi connectivity index (χ0v) is 7.33. The lowest BCUT2D eigenvalue weighted by Crippen LogP contribution is -2.57. The van der Waals surface area contributed by atoms with Crippen molar-refractivity contribution >= 4 is 16.3 Å². The van der Waals surface area contributed by atoms with E-state index in [1.54, 1.807) is 0 Å². The molecule has 0 aromatic carbocycles. The molecule has 2 rings (SSSR count). The number of hydrogen-bond donors (Lipinski definition) is 0. The molecule has 0 amide bonds. The van der Waals surface area contributed by atoms with E-state index in [4.69, 9.17) is 22.1 Å². The molecule has 12 heavy (non-hydrogen) atoms. The van der Waals surface area contributed by atoms with Gasteiger partial charge in [0.05, 0.1) is 0 Å². The first-order valence-electron chi connectivity index (χ1n) is 3.75. The van der Waals surface area contributed by atoms with Gasteiger partial charge in [0.25, 0.3) is 0 Å². The lowest BCUT2D eigenvalue weighted by Gasteiger charge is -2.41. The molecule has 0 aromatic heterocycles. The molecule has 0 N–H and O–H groups in total. The van der Waals surface area contributed by atoms with Crippen molar-refractivity contribution in [3.05, 3.63) is 0 Å². The molecule has 2 unspecified atom stereocenters. The van der Waals surface area contributed by atoms with Crippen molar-refractivity contribution in [3.8, 4) is 0 Å². The van der Waals surface area contributed by atoms with Crippen LogP contribution in [0.5, 0.6) is 0 Å². The summed E-state index contributed by atoms with van der Waals surface area (Å²) in [5.41, 5.74) is 0. The van der Waals surface area contributed by atoms with Crippen LogP contribution < -0.4 is 0 Å². The number of rotatable bonds is 3. The zero-order valence-electron chi connectivity index (χ0n) is 6.43. The zero-order chi connectivity index (χ0) is 8.60. The topological polar surface area (TPSA) is 44.8 Å². The van der Waals surface area contributed by atoms with Crippen LogP contribution >= 0.6 is 8.46 Å². The Balaban J connectivity index is 1.96. The minimum Gasteiger partial charge on any atom is -0.367 e. The van der Waals surface area contributed by atoms with Gasteiger partial charge in [-0.2, -0.15) is 0 Å². The maximum Gasteiger partial charge on any atom is 0.219 e. The Morgan fingerprint density at radius 1 is 1.75 bits per heavy atom. The standard InChI is InChI=1S/C6H8BO4P/c7-5-1-4-6(11-5,2-9-4)10-3-12-8/h4-5H,1-3H2/t4?,5-,6?/m1/s1. The Labute approximate surface area is 73.2 Å². The predicted octanol–water partition coefficient (Wildman–Crippen LogP) is 0.262. The first kappa shape index (κ1) is 8.63. The molecule has 0 aliphatic carbocycles.